The Morgan fingerprint density at radius 3 is 2.67 bits per heavy atom. The van der Waals surface area contributed by atoms with E-state index in [1.54, 1.807) is 12.4 Å². The molecule has 1 heterocycles. The van der Waals surface area contributed by atoms with Crippen LogP contribution in [0.1, 0.15) is 22.4 Å². The lowest BCUT2D eigenvalue weighted by molar-refractivity contribution is -0.118. The lowest BCUT2D eigenvalue weighted by Crippen LogP contribution is -2.31. The summed E-state index contributed by atoms with van der Waals surface area (Å²) in [5.74, 6) is -0.453. The van der Waals surface area contributed by atoms with Crippen molar-refractivity contribution in [2.24, 2.45) is 0 Å². The van der Waals surface area contributed by atoms with E-state index >= 15 is 0 Å². The molecule has 27 heavy (non-hydrogen) atoms. The van der Waals surface area contributed by atoms with Gasteiger partial charge in [-0.3, -0.25) is 4.79 Å². The average molecular weight is 363 g/mol. The Balaban J connectivity index is 1.60. The maximum Gasteiger partial charge on any atom is 0.246 e. The summed E-state index contributed by atoms with van der Waals surface area (Å²) < 4.78 is 16.0. The highest BCUT2D eigenvalue weighted by Crippen LogP contribution is 2.17. The Hall–Kier alpha value is -3.21. The SMILES string of the molecule is Cc1cn(-c2ccc(/C=C/C(=O)N[C@@H](F)Cc3ccccc3)cc2C)cn1. The summed E-state index contributed by atoms with van der Waals surface area (Å²) in [7, 11) is 0. The summed E-state index contributed by atoms with van der Waals surface area (Å²) in [6, 6.07) is 15.1. The summed E-state index contributed by atoms with van der Waals surface area (Å²) >= 11 is 0. The normalized spacial score (nSPS) is 12.3. The van der Waals surface area contributed by atoms with Gasteiger partial charge in [0.15, 0.2) is 6.30 Å². The van der Waals surface area contributed by atoms with Crippen LogP contribution in [-0.4, -0.2) is 21.8 Å². The number of hydrogen-bond acceptors (Lipinski definition) is 2. The molecular weight excluding hydrogens is 341 g/mol. The number of carbonyl (C=O) groups is 1. The molecule has 2 aromatic carbocycles. The van der Waals surface area contributed by atoms with Gasteiger partial charge in [-0.25, -0.2) is 9.37 Å². The van der Waals surface area contributed by atoms with Gasteiger partial charge in [-0.05, 0) is 48.7 Å². The van der Waals surface area contributed by atoms with Crippen LogP contribution >= 0.6 is 0 Å². The largest absolute Gasteiger partial charge is 0.323 e. The molecule has 3 rings (SSSR count). The number of alkyl halides is 1. The highest BCUT2D eigenvalue weighted by atomic mass is 19.1. The third kappa shape index (κ3) is 5.14. The molecule has 5 heteroatoms. The predicted molar refractivity (Wildman–Crippen MR) is 105 cm³/mol. The molecular formula is C22H22FN3O. The average Bonchev–Trinajstić information content (AvgIpc) is 3.07. The van der Waals surface area contributed by atoms with Crippen LogP contribution in [-0.2, 0) is 11.2 Å². The van der Waals surface area contributed by atoms with E-state index < -0.39 is 12.2 Å². The second-order valence-corrected chi connectivity index (χ2v) is 6.47. The first-order valence-electron chi connectivity index (χ1n) is 8.79. The zero-order valence-electron chi connectivity index (χ0n) is 15.4. The number of rotatable bonds is 6. The molecule has 0 bridgehead atoms. The van der Waals surface area contributed by atoms with Gasteiger partial charge in [0.2, 0.25) is 5.91 Å². The molecule has 1 aromatic heterocycles. The van der Waals surface area contributed by atoms with E-state index in [0.717, 1.165) is 28.1 Å². The van der Waals surface area contributed by atoms with Gasteiger partial charge in [0.25, 0.3) is 0 Å². The van der Waals surface area contributed by atoms with Crippen LogP contribution in [0, 0.1) is 13.8 Å². The van der Waals surface area contributed by atoms with Crippen LogP contribution in [0.5, 0.6) is 0 Å². The topological polar surface area (TPSA) is 46.9 Å². The molecule has 0 aliphatic carbocycles. The standard InChI is InChI=1S/C22H22FN3O/c1-16-12-19(8-10-20(16)26-14-17(2)24-15-26)9-11-22(27)25-21(23)13-18-6-4-3-5-7-18/h3-12,14-15,21H,13H2,1-2H3,(H,25,27)/b11-9+/t21-/m1/s1. The molecule has 138 valence electrons. The van der Waals surface area contributed by atoms with Crippen molar-refractivity contribution in [1.29, 1.82) is 0 Å². The molecule has 0 saturated heterocycles. The second-order valence-electron chi connectivity index (χ2n) is 6.47. The van der Waals surface area contributed by atoms with Crippen molar-refractivity contribution in [1.82, 2.24) is 14.9 Å². The summed E-state index contributed by atoms with van der Waals surface area (Å²) in [6.07, 6.45) is 5.50. The lowest BCUT2D eigenvalue weighted by Gasteiger charge is -2.09. The van der Waals surface area contributed by atoms with Gasteiger partial charge in [0.1, 0.15) is 0 Å². The number of nitrogens with one attached hydrogen (secondary N) is 1. The highest BCUT2D eigenvalue weighted by molar-refractivity contribution is 5.91. The molecule has 1 N–H and O–H groups in total. The predicted octanol–water partition coefficient (Wildman–Crippen LogP) is 4.16. The van der Waals surface area contributed by atoms with E-state index in [4.69, 9.17) is 0 Å². The van der Waals surface area contributed by atoms with Crippen molar-refractivity contribution in [2.75, 3.05) is 0 Å². The first kappa shape index (κ1) is 18.6. The Labute approximate surface area is 158 Å². The lowest BCUT2D eigenvalue weighted by atomic mass is 10.1. The quantitative estimate of drug-likeness (QED) is 0.528. The summed E-state index contributed by atoms with van der Waals surface area (Å²) in [5.41, 5.74) is 4.76. The molecule has 0 spiro atoms. The fourth-order valence-corrected chi connectivity index (χ4v) is 2.87. The van der Waals surface area contributed by atoms with E-state index in [1.165, 1.54) is 6.08 Å². The van der Waals surface area contributed by atoms with E-state index in [9.17, 15) is 9.18 Å². The molecule has 1 amide bonds. The fraction of sp³-hybridized carbons (Fsp3) is 0.182. The molecule has 0 aliphatic rings. The molecule has 0 fully saturated rings. The third-order valence-corrected chi connectivity index (χ3v) is 4.19. The third-order valence-electron chi connectivity index (χ3n) is 4.19. The fourth-order valence-electron chi connectivity index (χ4n) is 2.87. The van der Waals surface area contributed by atoms with Crippen LogP contribution < -0.4 is 5.32 Å². The number of halogens is 1. The number of aryl methyl sites for hydroxylation is 2. The van der Waals surface area contributed by atoms with Crippen LogP contribution in [0.3, 0.4) is 0 Å². The second kappa shape index (κ2) is 8.45. The first-order chi connectivity index (χ1) is 13.0. The number of nitrogens with zero attached hydrogens (tertiary/aromatic N) is 2. The number of carbonyl (C=O) groups excluding carboxylic acids is 1. The van der Waals surface area contributed by atoms with Crippen molar-refractivity contribution in [3.63, 3.8) is 0 Å². The number of imidazole rings is 1. The molecule has 0 saturated carbocycles. The van der Waals surface area contributed by atoms with Gasteiger partial charge in [-0.15, -0.1) is 0 Å². The summed E-state index contributed by atoms with van der Waals surface area (Å²) in [5, 5.41) is 2.35. The summed E-state index contributed by atoms with van der Waals surface area (Å²) in [6.45, 7) is 3.94. The smallest absolute Gasteiger partial charge is 0.246 e. The van der Waals surface area contributed by atoms with E-state index in [1.807, 2.05) is 73.1 Å². The van der Waals surface area contributed by atoms with E-state index in [2.05, 4.69) is 10.3 Å². The number of aromatic nitrogens is 2. The molecule has 0 aliphatic heterocycles. The van der Waals surface area contributed by atoms with Crippen molar-refractivity contribution >= 4 is 12.0 Å². The summed E-state index contributed by atoms with van der Waals surface area (Å²) in [4.78, 5) is 16.2. The number of amides is 1. The van der Waals surface area contributed by atoms with Gasteiger partial charge in [0.05, 0.1) is 12.0 Å². The monoisotopic (exact) mass is 363 g/mol. The molecule has 4 nitrogen and oxygen atoms in total. The van der Waals surface area contributed by atoms with Crippen LogP contribution in [0.25, 0.3) is 11.8 Å². The molecule has 0 radical (unpaired) electrons. The van der Waals surface area contributed by atoms with E-state index in [0.29, 0.717) is 0 Å². The molecule has 0 unspecified atom stereocenters. The van der Waals surface area contributed by atoms with Crippen molar-refractivity contribution in [3.8, 4) is 5.69 Å². The van der Waals surface area contributed by atoms with Gasteiger partial charge >= 0.3 is 0 Å². The maximum atomic E-state index is 14.0. The van der Waals surface area contributed by atoms with Crippen LogP contribution in [0.4, 0.5) is 4.39 Å². The number of benzene rings is 2. The highest BCUT2D eigenvalue weighted by Gasteiger charge is 2.09. The minimum absolute atomic E-state index is 0.151. The van der Waals surface area contributed by atoms with Gasteiger partial charge < -0.3 is 9.88 Å². The van der Waals surface area contributed by atoms with Crippen LogP contribution in [0.15, 0.2) is 67.1 Å². The molecule has 1 atom stereocenters. The number of hydrogen-bond donors (Lipinski definition) is 1. The Morgan fingerprint density at radius 2 is 2.00 bits per heavy atom. The zero-order chi connectivity index (χ0) is 19.2. The van der Waals surface area contributed by atoms with Gasteiger partial charge in [-0.2, -0.15) is 0 Å². The first-order valence-corrected chi connectivity index (χ1v) is 8.79. The van der Waals surface area contributed by atoms with Crippen molar-refractivity contribution in [2.45, 2.75) is 26.6 Å². The Morgan fingerprint density at radius 1 is 1.22 bits per heavy atom. The van der Waals surface area contributed by atoms with Crippen molar-refractivity contribution < 1.29 is 9.18 Å². The minimum Gasteiger partial charge on any atom is -0.323 e. The molecule has 3 aromatic rings. The van der Waals surface area contributed by atoms with Gasteiger partial charge in [-0.1, -0.05) is 36.4 Å². The maximum absolute atomic E-state index is 14.0. The van der Waals surface area contributed by atoms with Crippen molar-refractivity contribution in [3.05, 3.63) is 89.5 Å². The van der Waals surface area contributed by atoms with E-state index in [-0.39, 0.29) is 6.42 Å². The zero-order valence-corrected chi connectivity index (χ0v) is 15.4. The Bertz CT molecular complexity index is 947. The Kier molecular flexibility index (Phi) is 5.81. The minimum atomic E-state index is -1.42. The van der Waals surface area contributed by atoms with Gasteiger partial charge in [0, 0.05) is 24.4 Å². The van der Waals surface area contributed by atoms with Crippen LogP contribution in [0.2, 0.25) is 0 Å².